The minimum Gasteiger partial charge on any atom is -0.497 e. The van der Waals surface area contributed by atoms with Gasteiger partial charge >= 0.3 is 0 Å². The predicted octanol–water partition coefficient (Wildman–Crippen LogP) is 2.44. The Morgan fingerprint density at radius 1 is 1.39 bits per heavy atom. The molecule has 0 spiro atoms. The Morgan fingerprint density at radius 3 is 2.56 bits per heavy atom. The highest BCUT2D eigenvalue weighted by atomic mass is 16.6. The number of ether oxygens (including phenoxy) is 2. The van der Waals surface area contributed by atoms with Crippen molar-refractivity contribution in [1.82, 2.24) is 0 Å². The van der Waals surface area contributed by atoms with E-state index in [0.717, 1.165) is 0 Å². The number of nitro groups is 1. The number of methoxy groups -OCH3 is 2. The molecule has 0 aliphatic heterocycles. The lowest BCUT2D eigenvalue weighted by atomic mass is 10.1. The van der Waals surface area contributed by atoms with Crippen LogP contribution in [0.2, 0.25) is 0 Å². The van der Waals surface area contributed by atoms with Crippen molar-refractivity contribution in [2.75, 3.05) is 26.1 Å². The molecule has 0 amide bonds. The molecular weight excluding hydrogens is 236 g/mol. The lowest BCUT2D eigenvalue weighted by molar-refractivity contribution is -0.384. The number of hydrogen-bond donors (Lipinski definition) is 1. The standard InChI is InChI=1S/C12H18N2O4/c1-12(2,18-4)8-13-10-7-9(17-3)5-6-11(10)14(15)16/h5-7,13H,8H2,1-4H3. The van der Waals surface area contributed by atoms with Gasteiger partial charge in [0.1, 0.15) is 11.4 Å². The van der Waals surface area contributed by atoms with Gasteiger partial charge in [0.25, 0.3) is 5.69 Å². The number of benzene rings is 1. The van der Waals surface area contributed by atoms with Gasteiger partial charge in [0, 0.05) is 25.8 Å². The zero-order valence-corrected chi connectivity index (χ0v) is 11.0. The molecule has 100 valence electrons. The van der Waals surface area contributed by atoms with Gasteiger partial charge in [-0.25, -0.2) is 0 Å². The molecule has 0 aromatic heterocycles. The molecule has 0 unspecified atom stereocenters. The van der Waals surface area contributed by atoms with Gasteiger partial charge in [0.05, 0.1) is 17.6 Å². The number of nitrogens with zero attached hydrogens (tertiary/aromatic N) is 1. The number of nitrogens with one attached hydrogen (secondary N) is 1. The van der Waals surface area contributed by atoms with Crippen LogP contribution in [-0.2, 0) is 4.74 Å². The second-order valence-electron chi connectivity index (χ2n) is 4.46. The second kappa shape index (κ2) is 5.68. The quantitative estimate of drug-likeness (QED) is 0.623. The smallest absolute Gasteiger partial charge is 0.292 e. The van der Waals surface area contributed by atoms with Crippen molar-refractivity contribution in [3.8, 4) is 5.75 Å². The Morgan fingerprint density at radius 2 is 2.06 bits per heavy atom. The number of anilines is 1. The summed E-state index contributed by atoms with van der Waals surface area (Å²) in [6.07, 6.45) is 0. The molecule has 18 heavy (non-hydrogen) atoms. The van der Waals surface area contributed by atoms with Gasteiger partial charge in [0.15, 0.2) is 0 Å². The van der Waals surface area contributed by atoms with E-state index >= 15 is 0 Å². The van der Waals surface area contributed by atoms with Crippen molar-refractivity contribution >= 4 is 11.4 Å². The minimum atomic E-state index is -0.429. The average molecular weight is 254 g/mol. The largest absolute Gasteiger partial charge is 0.497 e. The monoisotopic (exact) mass is 254 g/mol. The van der Waals surface area contributed by atoms with Crippen molar-refractivity contribution in [3.05, 3.63) is 28.3 Å². The third-order valence-electron chi connectivity index (χ3n) is 2.66. The maximum Gasteiger partial charge on any atom is 0.292 e. The molecule has 0 fully saturated rings. The summed E-state index contributed by atoms with van der Waals surface area (Å²) in [7, 11) is 3.12. The van der Waals surface area contributed by atoms with Gasteiger partial charge in [-0.05, 0) is 19.9 Å². The van der Waals surface area contributed by atoms with Gasteiger partial charge < -0.3 is 14.8 Å². The predicted molar refractivity (Wildman–Crippen MR) is 69.2 cm³/mol. The van der Waals surface area contributed by atoms with Crippen molar-refractivity contribution < 1.29 is 14.4 Å². The Balaban J connectivity index is 2.94. The highest BCUT2D eigenvalue weighted by molar-refractivity contribution is 5.64. The SMILES string of the molecule is COc1ccc([N+](=O)[O-])c(NCC(C)(C)OC)c1. The molecule has 1 rings (SSSR count). The molecule has 0 saturated carbocycles. The molecule has 0 heterocycles. The summed E-state index contributed by atoms with van der Waals surface area (Å²) in [6.45, 7) is 4.25. The van der Waals surface area contributed by atoms with E-state index < -0.39 is 10.5 Å². The van der Waals surface area contributed by atoms with E-state index in [4.69, 9.17) is 9.47 Å². The summed E-state index contributed by atoms with van der Waals surface area (Å²) >= 11 is 0. The van der Waals surface area contributed by atoms with Crippen LogP contribution in [0.1, 0.15) is 13.8 Å². The molecule has 6 nitrogen and oxygen atoms in total. The zero-order chi connectivity index (χ0) is 13.8. The van der Waals surface area contributed by atoms with Crippen molar-refractivity contribution in [2.45, 2.75) is 19.4 Å². The van der Waals surface area contributed by atoms with Crippen LogP contribution >= 0.6 is 0 Å². The summed E-state index contributed by atoms with van der Waals surface area (Å²) in [4.78, 5) is 10.5. The van der Waals surface area contributed by atoms with Crippen LogP contribution in [0.15, 0.2) is 18.2 Å². The Labute approximate surface area is 106 Å². The first kappa shape index (κ1) is 14.2. The molecule has 0 bridgehead atoms. The topological polar surface area (TPSA) is 73.6 Å². The second-order valence-corrected chi connectivity index (χ2v) is 4.46. The van der Waals surface area contributed by atoms with E-state index in [1.165, 1.54) is 13.2 Å². The van der Waals surface area contributed by atoms with Gasteiger partial charge in [-0.3, -0.25) is 10.1 Å². The van der Waals surface area contributed by atoms with E-state index in [2.05, 4.69) is 5.32 Å². The van der Waals surface area contributed by atoms with Crippen molar-refractivity contribution in [2.24, 2.45) is 0 Å². The first-order valence-electron chi connectivity index (χ1n) is 5.51. The van der Waals surface area contributed by atoms with Crippen LogP contribution < -0.4 is 10.1 Å². The van der Waals surface area contributed by atoms with Crippen LogP contribution in [0.4, 0.5) is 11.4 Å². The summed E-state index contributed by atoms with van der Waals surface area (Å²) < 4.78 is 10.3. The van der Waals surface area contributed by atoms with Gasteiger partial charge in [0.2, 0.25) is 0 Å². The number of hydrogen-bond acceptors (Lipinski definition) is 5. The number of rotatable bonds is 6. The highest BCUT2D eigenvalue weighted by Gasteiger charge is 2.20. The molecule has 1 N–H and O–H groups in total. The van der Waals surface area contributed by atoms with Crippen LogP contribution in [-0.4, -0.2) is 31.3 Å². The molecule has 1 aromatic carbocycles. The first-order valence-corrected chi connectivity index (χ1v) is 5.51. The Kier molecular flexibility index (Phi) is 4.49. The molecule has 1 aromatic rings. The summed E-state index contributed by atoms with van der Waals surface area (Å²) in [5.74, 6) is 0.568. The lowest BCUT2D eigenvalue weighted by Crippen LogP contribution is -2.32. The fourth-order valence-electron chi connectivity index (χ4n) is 1.32. The molecule has 0 atom stereocenters. The maximum absolute atomic E-state index is 10.9. The average Bonchev–Trinajstić information content (AvgIpc) is 2.36. The van der Waals surface area contributed by atoms with E-state index in [9.17, 15) is 10.1 Å². The van der Waals surface area contributed by atoms with E-state index in [1.54, 1.807) is 19.2 Å². The molecule has 0 aliphatic carbocycles. The molecule has 6 heteroatoms. The van der Waals surface area contributed by atoms with Gasteiger partial charge in [-0.2, -0.15) is 0 Å². The molecule has 0 aliphatic rings. The number of nitro benzene ring substituents is 1. The first-order chi connectivity index (χ1) is 8.39. The normalized spacial score (nSPS) is 11.1. The van der Waals surface area contributed by atoms with Crippen molar-refractivity contribution in [1.29, 1.82) is 0 Å². The summed E-state index contributed by atoms with van der Waals surface area (Å²) in [5.41, 5.74) is 0.0314. The third kappa shape index (κ3) is 3.59. The Hall–Kier alpha value is -1.82. The highest BCUT2D eigenvalue weighted by Crippen LogP contribution is 2.29. The maximum atomic E-state index is 10.9. The van der Waals surface area contributed by atoms with Crippen LogP contribution in [0, 0.1) is 10.1 Å². The van der Waals surface area contributed by atoms with Crippen LogP contribution in [0.25, 0.3) is 0 Å². The van der Waals surface area contributed by atoms with Crippen molar-refractivity contribution in [3.63, 3.8) is 0 Å². The lowest BCUT2D eigenvalue weighted by Gasteiger charge is -2.23. The third-order valence-corrected chi connectivity index (χ3v) is 2.66. The van der Waals surface area contributed by atoms with Crippen LogP contribution in [0.3, 0.4) is 0 Å². The zero-order valence-electron chi connectivity index (χ0n) is 11.0. The van der Waals surface area contributed by atoms with Crippen LogP contribution in [0.5, 0.6) is 5.75 Å². The molecular formula is C12H18N2O4. The fourth-order valence-corrected chi connectivity index (χ4v) is 1.32. The van der Waals surface area contributed by atoms with E-state index in [-0.39, 0.29) is 5.69 Å². The summed E-state index contributed by atoms with van der Waals surface area (Å²) in [5, 5.41) is 13.9. The minimum absolute atomic E-state index is 0.0164. The fraction of sp³-hybridized carbons (Fsp3) is 0.500. The summed E-state index contributed by atoms with van der Waals surface area (Å²) in [6, 6.07) is 4.58. The van der Waals surface area contributed by atoms with Gasteiger partial charge in [-0.15, -0.1) is 0 Å². The van der Waals surface area contributed by atoms with E-state index in [1.807, 2.05) is 13.8 Å². The van der Waals surface area contributed by atoms with E-state index in [0.29, 0.717) is 18.0 Å². The molecule has 0 radical (unpaired) electrons. The van der Waals surface area contributed by atoms with Gasteiger partial charge in [-0.1, -0.05) is 0 Å². The Bertz CT molecular complexity index is 432. The molecule has 0 saturated heterocycles.